The SMILES string of the molecule is CCCNC(=O)COc1ccccc1CNCC(C)C. The number of benzene rings is 1. The second kappa shape index (κ2) is 9.37. The van der Waals surface area contributed by atoms with Gasteiger partial charge in [0.25, 0.3) is 5.91 Å². The Labute approximate surface area is 121 Å². The minimum absolute atomic E-state index is 0.0706. The molecule has 4 heteroatoms. The molecule has 2 N–H and O–H groups in total. The zero-order chi connectivity index (χ0) is 14.8. The Hall–Kier alpha value is -1.55. The monoisotopic (exact) mass is 278 g/mol. The van der Waals surface area contributed by atoms with Crippen molar-refractivity contribution in [3.05, 3.63) is 29.8 Å². The number of carbonyl (C=O) groups is 1. The quantitative estimate of drug-likeness (QED) is 0.729. The van der Waals surface area contributed by atoms with Crippen molar-refractivity contribution in [2.75, 3.05) is 19.7 Å². The molecule has 0 unspecified atom stereocenters. The number of ether oxygens (including phenoxy) is 1. The fraction of sp³-hybridized carbons (Fsp3) is 0.562. The molecule has 20 heavy (non-hydrogen) atoms. The third-order valence-corrected chi connectivity index (χ3v) is 2.77. The molecule has 1 aromatic carbocycles. The molecule has 0 aliphatic rings. The molecule has 0 saturated heterocycles. The molecule has 4 nitrogen and oxygen atoms in total. The van der Waals surface area contributed by atoms with E-state index in [4.69, 9.17) is 4.74 Å². The summed E-state index contributed by atoms with van der Waals surface area (Å²) in [5.41, 5.74) is 1.08. The van der Waals surface area contributed by atoms with Crippen LogP contribution < -0.4 is 15.4 Å². The van der Waals surface area contributed by atoms with E-state index in [-0.39, 0.29) is 12.5 Å². The van der Waals surface area contributed by atoms with Crippen LogP contribution in [0.4, 0.5) is 0 Å². The van der Waals surface area contributed by atoms with E-state index in [0.717, 1.165) is 30.8 Å². The number of amides is 1. The van der Waals surface area contributed by atoms with Gasteiger partial charge in [-0.3, -0.25) is 4.79 Å². The zero-order valence-electron chi connectivity index (χ0n) is 12.7. The third-order valence-electron chi connectivity index (χ3n) is 2.77. The molecular weight excluding hydrogens is 252 g/mol. The Morgan fingerprint density at radius 1 is 1.30 bits per heavy atom. The molecule has 0 heterocycles. The summed E-state index contributed by atoms with van der Waals surface area (Å²) in [7, 11) is 0. The van der Waals surface area contributed by atoms with Crippen molar-refractivity contribution in [1.29, 1.82) is 0 Å². The highest BCUT2D eigenvalue weighted by atomic mass is 16.5. The van der Waals surface area contributed by atoms with Gasteiger partial charge in [-0.15, -0.1) is 0 Å². The van der Waals surface area contributed by atoms with E-state index in [1.165, 1.54) is 0 Å². The topological polar surface area (TPSA) is 50.4 Å². The molecular formula is C16H26N2O2. The number of para-hydroxylation sites is 1. The van der Waals surface area contributed by atoms with E-state index in [1.807, 2.05) is 31.2 Å². The lowest BCUT2D eigenvalue weighted by molar-refractivity contribution is -0.123. The summed E-state index contributed by atoms with van der Waals surface area (Å²) in [5.74, 6) is 1.31. The summed E-state index contributed by atoms with van der Waals surface area (Å²) in [6.45, 7) is 8.86. The van der Waals surface area contributed by atoms with E-state index in [0.29, 0.717) is 12.5 Å². The molecule has 1 amide bonds. The van der Waals surface area contributed by atoms with Crippen LogP contribution in [0.3, 0.4) is 0 Å². The first kappa shape index (κ1) is 16.5. The Bertz CT molecular complexity index is 405. The van der Waals surface area contributed by atoms with Gasteiger partial charge in [0, 0.05) is 18.7 Å². The van der Waals surface area contributed by atoms with E-state index >= 15 is 0 Å². The van der Waals surface area contributed by atoms with E-state index in [9.17, 15) is 4.79 Å². The molecule has 0 radical (unpaired) electrons. The molecule has 0 spiro atoms. The highest BCUT2D eigenvalue weighted by Gasteiger charge is 2.06. The van der Waals surface area contributed by atoms with Crippen LogP contribution in [0.5, 0.6) is 5.75 Å². The normalized spacial score (nSPS) is 10.6. The van der Waals surface area contributed by atoms with Gasteiger partial charge in [0.15, 0.2) is 6.61 Å². The van der Waals surface area contributed by atoms with Crippen molar-refractivity contribution in [2.24, 2.45) is 5.92 Å². The number of nitrogens with one attached hydrogen (secondary N) is 2. The minimum atomic E-state index is -0.0724. The van der Waals surface area contributed by atoms with Gasteiger partial charge in [-0.05, 0) is 24.9 Å². The Morgan fingerprint density at radius 3 is 2.75 bits per heavy atom. The lowest BCUT2D eigenvalue weighted by atomic mass is 10.2. The lowest BCUT2D eigenvalue weighted by Gasteiger charge is -2.13. The molecule has 0 aliphatic heterocycles. The first-order chi connectivity index (χ1) is 9.63. The van der Waals surface area contributed by atoms with Gasteiger partial charge in [-0.2, -0.15) is 0 Å². The summed E-state index contributed by atoms with van der Waals surface area (Å²) in [4.78, 5) is 11.5. The van der Waals surface area contributed by atoms with Crippen LogP contribution in [0.25, 0.3) is 0 Å². The second-order valence-electron chi connectivity index (χ2n) is 5.27. The maximum absolute atomic E-state index is 11.5. The second-order valence-corrected chi connectivity index (χ2v) is 5.27. The average Bonchev–Trinajstić information content (AvgIpc) is 2.43. The van der Waals surface area contributed by atoms with Gasteiger partial charge in [0.2, 0.25) is 0 Å². The number of carbonyl (C=O) groups excluding carboxylic acids is 1. The number of hydrogen-bond acceptors (Lipinski definition) is 3. The van der Waals surface area contributed by atoms with Crippen LogP contribution >= 0.6 is 0 Å². The van der Waals surface area contributed by atoms with E-state index in [1.54, 1.807) is 0 Å². The summed E-state index contributed by atoms with van der Waals surface area (Å²) in [6.07, 6.45) is 0.932. The van der Waals surface area contributed by atoms with Crippen molar-refractivity contribution >= 4 is 5.91 Å². The molecule has 1 aromatic rings. The number of rotatable bonds is 9. The van der Waals surface area contributed by atoms with Crippen molar-refractivity contribution < 1.29 is 9.53 Å². The van der Waals surface area contributed by atoms with Gasteiger partial charge >= 0.3 is 0 Å². The molecule has 0 fully saturated rings. The summed E-state index contributed by atoms with van der Waals surface area (Å²) in [6, 6.07) is 7.83. The average molecular weight is 278 g/mol. The molecule has 0 bridgehead atoms. The van der Waals surface area contributed by atoms with Crippen LogP contribution in [0.2, 0.25) is 0 Å². The summed E-state index contributed by atoms with van der Waals surface area (Å²) < 4.78 is 5.60. The predicted octanol–water partition coefficient (Wildman–Crippen LogP) is 2.34. The molecule has 0 aromatic heterocycles. The lowest BCUT2D eigenvalue weighted by Crippen LogP contribution is -2.29. The van der Waals surface area contributed by atoms with Crippen LogP contribution in [0, 0.1) is 5.92 Å². The van der Waals surface area contributed by atoms with Crippen molar-refractivity contribution in [1.82, 2.24) is 10.6 Å². The van der Waals surface area contributed by atoms with Crippen molar-refractivity contribution in [3.63, 3.8) is 0 Å². The van der Waals surface area contributed by atoms with Gasteiger partial charge in [-0.1, -0.05) is 39.0 Å². The maximum atomic E-state index is 11.5. The van der Waals surface area contributed by atoms with Crippen LogP contribution in [0.15, 0.2) is 24.3 Å². The first-order valence-electron chi connectivity index (χ1n) is 7.31. The third kappa shape index (κ3) is 6.57. The van der Waals surface area contributed by atoms with Crippen molar-refractivity contribution in [3.8, 4) is 5.75 Å². The standard InChI is InChI=1S/C16H26N2O2/c1-4-9-18-16(19)12-20-15-8-6-5-7-14(15)11-17-10-13(2)3/h5-8,13,17H,4,9-12H2,1-3H3,(H,18,19). The predicted molar refractivity (Wildman–Crippen MR) is 81.8 cm³/mol. The maximum Gasteiger partial charge on any atom is 0.257 e. The summed E-state index contributed by atoms with van der Waals surface area (Å²) in [5, 5.41) is 6.18. The van der Waals surface area contributed by atoms with Gasteiger partial charge in [0.05, 0.1) is 0 Å². The fourth-order valence-electron chi connectivity index (χ4n) is 1.74. The van der Waals surface area contributed by atoms with Gasteiger partial charge in [0.1, 0.15) is 5.75 Å². The summed E-state index contributed by atoms with van der Waals surface area (Å²) >= 11 is 0. The highest BCUT2D eigenvalue weighted by molar-refractivity contribution is 5.77. The van der Waals surface area contributed by atoms with Crippen LogP contribution in [-0.2, 0) is 11.3 Å². The van der Waals surface area contributed by atoms with Crippen LogP contribution in [0.1, 0.15) is 32.8 Å². The largest absolute Gasteiger partial charge is 0.483 e. The zero-order valence-corrected chi connectivity index (χ0v) is 12.7. The molecule has 0 atom stereocenters. The molecule has 112 valence electrons. The van der Waals surface area contributed by atoms with E-state index < -0.39 is 0 Å². The number of hydrogen-bond donors (Lipinski definition) is 2. The van der Waals surface area contributed by atoms with Gasteiger partial charge in [-0.25, -0.2) is 0 Å². The first-order valence-corrected chi connectivity index (χ1v) is 7.31. The molecule has 1 rings (SSSR count). The van der Waals surface area contributed by atoms with Crippen molar-refractivity contribution in [2.45, 2.75) is 33.7 Å². The Kier molecular flexibility index (Phi) is 7.73. The fourth-order valence-corrected chi connectivity index (χ4v) is 1.74. The van der Waals surface area contributed by atoms with Gasteiger partial charge < -0.3 is 15.4 Å². The van der Waals surface area contributed by atoms with Crippen LogP contribution in [-0.4, -0.2) is 25.6 Å². The molecule has 0 aliphatic carbocycles. The molecule has 0 saturated carbocycles. The Balaban J connectivity index is 2.46. The smallest absolute Gasteiger partial charge is 0.257 e. The highest BCUT2D eigenvalue weighted by Crippen LogP contribution is 2.17. The minimum Gasteiger partial charge on any atom is -0.483 e. The Morgan fingerprint density at radius 2 is 2.05 bits per heavy atom. The van der Waals surface area contributed by atoms with E-state index in [2.05, 4.69) is 24.5 Å².